The van der Waals surface area contributed by atoms with Crippen LogP contribution in [0.3, 0.4) is 0 Å². The van der Waals surface area contributed by atoms with E-state index in [-0.39, 0.29) is 0 Å². The second-order valence-corrected chi connectivity index (χ2v) is 3.92. The summed E-state index contributed by atoms with van der Waals surface area (Å²) in [6.45, 7) is 3.91. The Morgan fingerprint density at radius 1 is 1.32 bits per heavy atom. The first kappa shape index (κ1) is 14.8. The molecule has 0 saturated carbocycles. The van der Waals surface area contributed by atoms with Gasteiger partial charge in [0.25, 0.3) is 0 Å². The Morgan fingerprint density at radius 2 is 2.00 bits per heavy atom. The molecule has 0 saturated heterocycles. The lowest BCUT2D eigenvalue weighted by Crippen LogP contribution is -2.45. The molecule has 0 aliphatic rings. The second kappa shape index (κ2) is 7.25. The normalized spacial score (nSPS) is 11.3. The average molecular weight is 265 g/mol. The number of nitrogens with one attached hydrogen (secondary N) is 3. The Kier molecular flexibility index (Phi) is 5.66. The number of urea groups is 1. The van der Waals surface area contributed by atoms with E-state index in [1.165, 1.54) is 0 Å². The summed E-state index contributed by atoms with van der Waals surface area (Å²) in [6, 6.07) is 6.20. The van der Waals surface area contributed by atoms with E-state index in [9.17, 15) is 9.59 Å². The smallest absolute Gasteiger partial charge is 0.321 e. The zero-order valence-corrected chi connectivity index (χ0v) is 11.3. The number of para-hydroxylation sites is 2. The number of ether oxygens (including phenoxy) is 1. The summed E-state index contributed by atoms with van der Waals surface area (Å²) < 4.78 is 5.17. The highest BCUT2D eigenvalue weighted by Gasteiger charge is 2.16. The largest absolute Gasteiger partial charge is 0.495 e. The first-order chi connectivity index (χ1) is 9.08. The number of anilines is 1. The minimum Gasteiger partial charge on any atom is -0.495 e. The summed E-state index contributed by atoms with van der Waals surface area (Å²) in [6.07, 6.45) is 0. The van der Waals surface area contributed by atoms with Crippen molar-refractivity contribution in [2.45, 2.75) is 19.9 Å². The summed E-state index contributed by atoms with van der Waals surface area (Å²) in [7, 11) is 1.56. The van der Waals surface area contributed by atoms with Crippen molar-refractivity contribution in [3.8, 4) is 5.75 Å². The lowest BCUT2D eigenvalue weighted by atomic mass is 10.2. The van der Waals surface area contributed by atoms with Crippen molar-refractivity contribution in [2.75, 3.05) is 19.0 Å². The molecule has 104 valence electrons. The van der Waals surface area contributed by atoms with Gasteiger partial charge in [0.05, 0.1) is 12.8 Å². The highest BCUT2D eigenvalue weighted by Crippen LogP contribution is 2.23. The van der Waals surface area contributed by atoms with Gasteiger partial charge in [-0.25, -0.2) is 4.79 Å². The van der Waals surface area contributed by atoms with Gasteiger partial charge in [0, 0.05) is 6.54 Å². The number of rotatable bonds is 5. The molecule has 0 unspecified atom stereocenters. The van der Waals surface area contributed by atoms with Crippen LogP contribution in [-0.4, -0.2) is 31.6 Å². The van der Waals surface area contributed by atoms with E-state index in [0.29, 0.717) is 18.0 Å². The highest BCUT2D eigenvalue weighted by molar-refractivity contribution is 5.98. The van der Waals surface area contributed by atoms with Crippen LogP contribution in [0.15, 0.2) is 24.3 Å². The van der Waals surface area contributed by atoms with Crippen LogP contribution in [-0.2, 0) is 4.79 Å². The van der Waals surface area contributed by atoms with Gasteiger partial charge < -0.3 is 15.4 Å². The molecule has 6 nitrogen and oxygen atoms in total. The summed E-state index contributed by atoms with van der Waals surface area (Å²) in [5.41, 5.74) is 0.698. The van der Waals surface area contributed by atoms with Crippen molar-refractivity contribution in [1.82, 2.24) is 10.6 Å². The number of benzene rings is 1. The average Bonchev–Trinajstić information content (AvgIpc) is 2.39. The summed E-state index contributed by atoms with van der Waals surface area (Å²) >= 11 is 0. The molecule has 1 aromatic carbocycles. The minimum atomic E-state index is -0.557. The first-order valence-electron chi connectivity index (χ1n) is 6.06. The minimum absolute atomic E-state index is 0.406. The number of imide groups is 1. The molecule has 6 heteroatoms. The molecule has 0 fully saturated rings. The molecule has 0 spiro atoms. The molecular weight excluding hydrogens is 246 g/mol. The fraction of sp³-hybridized carbons (Fsp3) is 0.385. The standard InChI is InChI=1S/C13H19N3O3/c1-4-14-13(18)16-12(17)9(2)15-10-7-5-6-8-11(10)19-3/h5-9,15H,4H2,1-3H3,(H2,14,16,17,18)/t9-/m0/s1. The zero-order valence-electron chi connectivity index (χ0n) is 11.3. The van der Waals surface area contributed by atoms with Crippen molar-refractivity contribution < 1.29 is 14.3 Å². The third-order valence-corrected chi connectivity index (χ3v) is 2.45. The lowest BCUT2D eigenvalue weighted by molar-refractivity contribution is -0.120. The molecule has 0 bridgehead atoms. The predicted molar refractivity (Wildman–Crippen MR) is 73.3 cm³/mol. The molecule has 0 aliphatic carbocycles. The van der Waals surface area contributed by atoms with Crippen LogP contribution in [0.1, 0.15) is 13.8 Å². The van der Waals surface area contributed by atoms with E-state index in [1.807, 2.05) is 12.1 Å². The molecule has 3 amide bonds. The van der Waals surface area contributed by atoms with Gasteiger partial charge in [-0.05, 0) is 26.0 Å². The molecule has 19 heavy (non-hydrogen) atoms. The van der Waals surface area contributed by atoms with Crippen molar-refractivity contribution in [3.05, 3.63) is 24.3 Å². The Balaban J connectivity index is 2.61. The third kappa shape index (κ3) is 4.50. The van der Waals surface area contributed by atoms with E-state index in [4.69, 9.17) is 4.74 Å². The molecule has 1 aromatic rings. The third-order valence-electron chi connectivity index (χ3n) is 2.45. The SMILES string of the molecule is CCNC(=O)NC(=O)[C@H](C)Nc1ccccc1OC. The molecule has 0 aliphatic heterocycles. The van der Waals surface area contributed by atoms with Crippen molar-refractivity contribution >= 4 is 17.6 Å². The Morgan fingerprint density at radius 3 is 2.63 bits per heavy atom. The Hall–Kier alpha value is -2.24. The maximum absolute atomic E-state index is 11.8. The van der Waals surface area contributed by atoms with Crippen LogP contribution < -0.4 is 20.7 Å². The number of hydrogen-bond donors (Lipinski definition) is 3. The molecule has 0 aromatic heterocycles. The van der Waals surface area contributed by atoms with Crippen LogP contribution in [0.25, 0.3) is 0 Å². The van der Waals surface area contributed by atoms with E-state index in [2.05, 4.69) is 16.0 Å². The van der Waals surface area contributed by atoms with Crippen LogP contribution in [0.5, 0.6) is 5.75 Å². The van der Waals surface area contributed by atoms with Crippen LogP contribution in [0, 0.1) is 0 Å². The predicted octanol–water partition coefficient (Wildman–Crippen LogP) is 1.34. The van der Waals surface area contributed by atoms with Gasteiger partial charge in [-0.15, -0.1) is 0 Å². The lowest BCUT2D eigenvalue weighted by Gasteiger charge is -2.16. The molecule has 0 radical (unpaired) electrons. The van der Waals surface area contributed by atoms with Crippen LogP contribution in [0.2, 0.25) is 0 Å². The monoisotopic (exact) mass is 265 g/mol. The molecule has 1 rings (SSSR count). The van der Waals surface area contributed by atoms with E-state index >= 15 is 0 Å². The van der Waals surface area contributed by atoms with Crippen molar-refractivity contribution in [1.29, 1.82) is 0 Å². The van der Waals surface area contributed by atoms with Gasteiger partial charge in [0.1, 0.15) is 11.8 Å². The molecule has 0 heterocycles. The summed E-state index contributed by atoms with van der Waals surface area (Å²) in [5, 5.41) is 7.73. The maximum Gasteiger partial charge on any atom is 0.321 e. The maximum atomic E-state index is 11.8. The van der Waals surface area contributed by atoms with Crippen molar-refractivity contribution in [3.63, 3.8) is 0 Å². The molecule has 1 atom stereocenters. The van der Waals surface area contributed by atoms with E-state index < -0.39 is 18.0 Å². The van der Waals surface area contributed by atoms with E-state index in [0.717, 1.165) is 0 Å². The van der Waals surface area contributed by atoms with Gasteiger partial charge in [-0.2, -0.15) is 0 Å². The van der Waals surface area contributed by atoms with Crippen molar-refractivity contribution in [2.24, 2.45) is 0 Å². The Labute approximate surface area is 112 Å². The van der Waals surface area contributed by atoms with Gasteiger partial charge in [0.15, 0.2) is 0 Å². The van der Waals surface area contributed by atoms with Gasteiger partial charge in [-0.1, -0.05) is 12.1 Å². The number of carbonyl (C=O) groups is 2. The van der Waals surface area contributed by atoms with Gasteiger partial charge in [0.2, 0.25) is 5.91 Å². The topological polar surface area (TPSA) is 79.5 Å². The fourth-order valence-electron chi connectivity index (χ4n) is 1.49. The highest BCUT2D eigenvalue weighted by atomic mass is 16.5. The number of methoxy groups -OCH3 is 1. The number of hydrogen-bond acceptors (Lipinski definition) is 4. The summed E-state index contributed by atoms with van der Waals surface area (Å²) in [5.74, 6) is 0.233. The number of amides is 3. The summed E-state index contributed by atoms with van der Waals surface area (Å²) in [4.78, 5) is 23.0. The van der Waals surface area contributed by atoms with E-state index in [1.54, 1.807) is 33.1 Å². The second-order valence-electron chi connectivity index (χ2n) is 3.92. The quantitative estimate of drug-likeness (QED) is 0.750. The van der Waals surface area contributed by atoms with Gasteiger partial charge in [-0.3, -0.25) is 10.1 Å². The molecule has 3 N–H and O–H groups in total. The fourth-order valence-corrected chi connectivity index (χ4v) is 1.49. The first-order valence-corrected chi connectivity index (χ1v) is 6.06. The van der Waals surface area contributed by atoms with Crippen LogP contribution >= 0.6 is 0 Å². The Bertz CT molecular complexity index is 449. The van der Waals surface area contributed by atoms with Crippen LogP contribution in [0.4, 0.5) is 10.5 Å². The number of carbonyl (C=O) groups excluding carboxylic acids is 2. The van der Waals surface area contributed by atoms with Gasteiger partial charge >= 0.3 is 6.03 Å². The zero-order chi connectivity index (χ0) is 14.3. The molecular formula is C13H19N3O3.